The third kappa shape index (κ3) is 5.09. The van der Waals surface area contributed by atoms with Crippen molar-refractivity contribution in [2.75, 3.05) is 6.54 Å². The van der Waals surface area contributed by atoms with Gasteiger partial charge in [-0.1, -0.05) is 48.0 Å². The Morgan fingerprint density at radius 1 is 0.765 bits per heavy atom. The molecular weight excluding hydrogens is 478 g/mol. The molecule has 4 rings (SSSR count). The fourth-order valence-electron chi connectivity index (χ4n) is 4.42. The summed E-state index contributed by atoms with van der Waals surface area (Å²) in [5, 5.41) is 0.492. The maximum atomic E-state index is 13.4. The highest BCUT2D eigenvalue weighted by molar-refractivity contribution is 6.30. The molecule has 1 aliphatic rings. The zero-order chi connectivity index (χ0) is 24.7. The van der Waals surface area contributed by atoms with E-state index in [9.17, 15) is 26.3 Å². The molecule has 0 amide bonds. The average Bonchev–Trinajstić information content (AvgIpc) is 2.75. The highest BCUT2D eigenvalue weighted by Crippen LogP contribution is 2.42. The highest BCUT2D eigenvalue weighted by Gasteiger charge is 2.41. The smallest absolute Gasteiger partial charge is 0.323 e. The predicted molar refractivity (Wildman–Crippen MR) is 118 cm³/mol. The summed E-state index contributed by atoms with van der Waals surface area (Å²) < 4.78 is 80.5. The molecule has 1 aliphatic heterocycles. The van der Waals surface area contributed by atoms with Crippen molar-refractivity contribution < 1.29 is 26.3 Å². The van der Waals surface area contributed by atoms with E-state index >= 15 is 0 Å². The van der Waals surface area contributed by atoms with Gasteiger partial charge in [-0.3, -0.25) is 4.90 Å². The Hall–Kier alpha value is -2.55. The standard InChI is InChI=1S/C25H21ClF6N2/c26-20-9-3-4-15(14-20)22(33)21-10-11-34(21)23(16-5-1-7-18(12-16)24(27,28)29)17-6-2-8-19(13-17)25(30,31)32/h1-9,12-14,21-23H,10-11,33H2/t21-,22+/m0/s1. The third-order valence-corrected chi connectivity index (χ3v) is 6.38. The van der Waals surface area contributed by atoms with Gasteiger partial charge < -0.3 is 5.73 Å². The maximum Gasteiger partial charge on any atom is 0.416 e. The van der Waals surface area contributed by atoms with E-state index in [2.05, 4.69) is 0 Å². The Morgan fingerprint density at radius 2 is 1.26 bits per heavy atom. The van der Waals surface area contributed by atoms with Crippen molar-refractivity contribution in [1.82, 2.24) is 4.90 Å². The van der Waals surface area contributed by atoms with Gasteiger partial charge in [-0.15, -0.1) is 0 Å². The molecule has 1 heterocycles. The normalized spacial score (nSPS) is 18.1. The van der Waals surface area contributed by atoms with Crippen molar-refractivity contribution in [2.45, 2.75) is 36.9 Å². The summed E-state index contributed by atoms with van der Waals surface area (Å²) in [7, 11) is 0. The second-order valence-corrected chi connectivity index (χ2v) is 8.76. The zero-order valence-corrected chi connectivity index (χ0v) is 18.5. The summed E-state index contributed by atoms with van der Waals surface area (Å²) in [6.07, 6.45) is -8.53. The molecular formula is C25H21ClF6N2. The van der Waals surface area contributed by atoms with E-state index in [1.54, 1.807) is 24.3 Å². The molecule has 0 radical (unpaired) electrons. The summed E-state index contributed by atoms with van der Waals surface area (Å²) in [6, 6.07) is 14.7. The topological polar surface area (TPSA) is 29.3 Å². The monoisotopic (exact) mass is 498 g/mol. The van der Waals surface area contributed by atoms with E-state index in [1.807, 2.05) is 4.90 Å². The summed E-state index contributed by atoms with van der Waals surface area (Å²) in [5.74, 6) is 0. The van der Waals surface area contributed by atoms with Gasteiger partial charge in [0, 0.05) is 23.7 Å². The SMILES string of the molecule is N[C@H](c1cccc(Cl)c1)[C@@H]1CCN1C(c1cccc(C(F)(F)F)c1)c1cccc(C(F)(F)F)c1. The van der Waals surface area contributed by atoms with E-state index in [4.69, 9.17) is 17.3 Å². The lowest BCUT2D eigenvalue weighted by molar-refractivity contribution is -0.138. The van der Waals surface area contributed by atoms with E-state index in [1.165, 1.54) is 24.3 Å². The Bertz CT molecular complexity index is 1100. The number of halogens is 7. The third-order valence-electron chi connectivity index (χ3n) is 6.15. The van der Waals surface area contributed by atoms with Crippen LogP contribution < -0.4 is 5.73 Å². The molecule has 0 aliphatic carbocycles. The number of alkyl halides is 6. The Balaban J connectivity index is 1.78. The molecule has 9 heteroatoms. The van der Waals surface area contributed by atoms with Crippen LogP contribution in [0.2, 0.25) is 5.02 Å². The number of benzene rings is 3. The molecule has 0 saturated carbocycles. The Kier molecular flexibility index (Phi) is 6.68. The van der Waals surface area contributed by atoms with Crippen molar-refractivity contribution in [3.05, 3.63) is 106 Å². The van der Waals surface area contributed by atoms with Crippen molar-refractivity contribution in [3.63, 3.8) is 0 Å². The van der Waals surface area contributed by atoms with E-state index in [-0.39, 0.29) is 17.2 Å². The van der Waals surface area contributed by atoms with E-state index < -0.39 is 35.6 Å². The minimum absolute atomic E-state index is 0.247. The van der Waals surface area contributed by atoms with Gasteiger partial charge in [-0.2, -0.15) is 26.3 Å². The lowest BCUT2D eigenvalue weighted by Crippen LogP contribution is -2.54. The van der Waals surface area contributed by atoms with Gasteiger partial charge in [0.05, 0.1) is 17.2 Å². The quantitative estimate of drug-likeness (QED) is 0.376. The molecule has 1 fully saturated rings. The minimum atomic E-state index is -4.58. The van der Waals surface area contributed by atoms with Crippen LogP contribution in [0.15, 0.2) is 72.8 Å². The molecule has 2 nitrogen and oxygen atoms in total. The lowest BCUT2D eigenvalue weighted by Gasteiger charge is -2.49. The molecule has 3 aromatic carbocycles. The summed E-state index contributed by atoms with van der Waals surface area (Å²) in [6.45, 7) is 0.468. The van der Waals surface area contributed by atoms with Crippen molar-refractivity contribution in [3.8, 4) is 0 Å². The van der Waals surface area contributed by atoms with Gasteiger partial charge in [0.2, 0.25) is 0 Å². The van der Waals surface area contributed by atoms with Crippen LogP contribution in [-0.4, -0.2) is 17.5 Å². The van der Waals surface area contributed by atoms with Crippen LogP contribution in [0.3, 0.4) is 0 Å². The summed E-state index contributed by atoms with van der Waals surface area (Å²) >= 11 is 6.08. The fourth-order valence-corrected chi connectivity index (χ4v) is 4.61. The number of likely N-dealkylation sites (tertiary alicyclic amines) is 1. The largest absolute Gasteiger partial charge is 0.416 e. The molecule has 180 valence electrons. The van der Waals surface area contributed by atoms with Gasteiger partial charge >= 0.3 is 12.4 Å². The zero-order valence-electron chi connectivity index (χ0n) is 17.7. The van der Waals surface area contributed by atoms with Gasteiger partial charge in [-0.25, -0.2) is 0 Å². The first-order valence-electron chi connectivity index (χ1n) is 10.6. The van der Waals surface area contributed by atoms with Crippen molar-refractivity contribution in [2.24, 2.45) is 5.73 Å². The van der Waals surface area contributed by atoms with Crippen LogP contribution >= 0.6 is 11.6 Å². The molecule has 3 aromatic rings. The fraction of sp³-hybridized carbons (Fsp3) is 0.280. The second kappa shape index (κ2) is 9.24. The van der Waals surface area contributed by atoms with E-state index in [0.29, 0.717) is 18.0 Å². The number of nitrogens with zero attached hydrogens (tertiary/aromatic N) is 1. The van der Waals surface area contributed by atoms with Crippen LogP contribution in [0.1, 0.15) is 46.3 Å². The number of hydrogen-bond donors (Lipinski definition) is 1. The first-order chi connectivity index (χ1) is 15.9. The lowest BCUT2D eigenvalue weighted by atomic mass is 9.84. The number of rotatable bonds is 5. The van der Waals surface area contributed by atoms with Gasteiger partial charge in [-0.05, 0) is 59.5 Å². The van der Waals surface area contributed by atoms with Crippen LogP contribution in [0.4, 0.5) is 26.3 Å². The summed E-state index contributed by atoms with van der Waals surface area (Å²) in [4.78, 5) is 1.86. The Labute approximate surface area is 197 Å². The van der Waals surface area contributed by atoms with Crippen LogP contribution in [0.25, 0.3) is 0 Å². The molecule has 0 aromatic heterocycles. The van der Waals surface area contributed by atoms with Crippen LogP contribution in [-0.2, 0) is 12.4 Å². The molecule has 0 unspecified atom stereocenters. The molecule has 0 spiro atoms. The van der Waals surface area contributed by atoms with Crippen LogP contribution in [0, 0.1) is 0 Å². The second-order valence-electron chi connectivity index (χ2n) is 8.32. The number of hydrogen-bond acceptors (Lipinski definition) is 2. The van der Waals surface area contributed by atoms with Gasteiger partial charge in [0.15, 0.2) is 0 Å². The highest BCUT2D eigenvalue weighted by atomic mass is 35.5. The Morgan fingerprint density at radius 3 is 1.71 bits per heavy atom. The maximum absolute atomic E-state index is 13.4. The number of nitrogens with two attached hydrogens (primary N) is 1. The predicted octanol–water partition coefficient (Wildman–Crippen LogP) is 7.24. The minimum Gasteiger partial charge on any atom is -0.323 e. The first-order valence-corrected chi connectivity index (χ1v) is 10.9. The molecule has 34 heavy (non-hydrogen) atoms. The van der Waals surface area contributed by atoms with E-state index in [0.717, 1.165) is 29.8 Å². The van der Waals surface area contributed by atoms with Crippen molar-refractivity contribution >= 4 is 11.6 Å². The molecule has 0 bridgehead atoms. The first kappa shape index (κ1) is 24.6. The van der Waals surface area contributed by atoms with Crippen LogP contribution in [0.5, 0.6) is 0 Å². The van der Waals surface area contributed by atoms with Gasteiger partial charge in [0.25, 0.3) is 0 Å². The van der Waals surface area contributed by atoms with Crippen molar-refractivity contribution in [1.29, 1.82) is 0 Å². The molecule has 2 atom stereocenters. The molecule has 1 saturated heterocycles. The van der Waals surface area contributed by atoms with Gasteiger partial charge in [0.1, 0.15) is 0 Å². The molecule has 2 N–H and O–H groups in total. The average molecular weight is 499 g/mol. The summed E-state index contributed by atoms with van der Waals surface area (Å²) in [5.41, 5.74) is 6.01.